The summed E-state index contributed by atoms with van der Waals surface area (Å²) in [4.78, 5) is 9.75. The summed E-state index contributed by atoms with van der Waals surface area (Å²) >= 11 is 1.63. The summed E-state index contributed by atoms with van der Waals surface area (Å²) in [6, 6.07) is 8.34. The zero-order valence-corrected chi connectivity index (χ0v) is 11.0. The molecule has 0 radical (unpaired) electrons. The van der Waals surface area contributed by atoms with Gasteiger partial charge in [-0.2, -0.15) is 0 Å². The molecule has 2 N–H and O–H groups in total. The van der Waals surface area contributed by atoms with Crippen molar-refractivity contribution in [2.24, 2.45) is 0 Å². The van der Waals surface area contributed by atoms with Crippen molar-refractivity contribution in [1.29, 1.82) is 0 Å². The van der Waals surface area contributed by atoms with Crippen LogP contribution in [0.5, 0.6) is 0 Å². The van der Waals surface area contributed by atoms with Gasteiger partial charge in [-0.05, 0) is 32.9 Å². The third-order valence-corrected chi connectivity index (χ3v) is 3.54. The van der Waals surface area contributed by atoms with Crippen molar-refractivity contribution in [3.8, 4) is 0 Å². The molecular weight excluding hydrogens is 230 g/mol. The second-order valence-electron chi connectivity index (χ2n) is 4.00. The molecule has 0 amide bonds. The first-order chi connectivity index (χ1) is 8.06. The van der Waals surface area contributed by atoms with E-state index in [0.717, 1.165) is 10.6 Å². The predicted molar refractivity (Wildman–Crippen MR) is 71.2 cm³/mol. The van der Waals surface area contributed by atoms with Crippen LogP contribution in [0.3, 0.4) is 0 Å². The molecule has 3 nitrogen and oxygen atoms in total. The van der Waals surface area contributed by atoms with Gasteiger partial charge in [-0.15, -0.1) is 0 Å². The zero-order chi connectivity index (χ0) is 12.4. The lowest BCUT2D eigenvalue weighted by Gasteiger charge is -2.08. The smallest absolute Gasteiger partial charge is 0.131 e. The summed E-state index contributed by atoms with van der Waals surface area (Å²) in [5.74, 6) is 1.27. The van der Waals surface area contributed by atoms with E-state index in [2.05, 4.69) is 35.1 Å². The van der Waals surface area contributed by atoms with Crippen molar-refractivity contribution in [3.05, 3.63) is 41.2 Å². The molecule has 0 aliphatic carbocycles. The SMILES string of the molecule is Cc1cccc(Sc2nc(C)nc(N)c2C)c1. The van der Waals surface area contributed by atoms with Gasteiger partial charge in [0, 0.05) is 10.5 Å². The third-order valence-electron chi connectivity index (χ3n) is 2.45. The highest BCUT2D eigenvalue weighted by molar-refractivity contribution is 7.99. The van der Waals surface area contributed by atoms with Crippen LogP contribution in [0.4, 0.5) is 5.82 Å². The van der Waals surface area contributed by atoms with Gasteiger partial charge in [-0.25, -0.2) is 9.97 Å². The summed E-state index contributed by atoms with van der Waals surface area (Å²) in [7, 11) is 0. The first-order valence-corrected chi connectivity index (χ1v) is 6.23. The van der Waals surface area contributed by atoms with E-state index in [0.29, 0.717) is 11.6 Å². The van der Waals surface area contributed by atoms with Crippen molar-refractivity contribution < 1.29 is 0 Å². The molecule has 0 unspecified atom stereocenters. The lowest BCUT2D eigenvalue weighted by Crippen LogP contribution is -2.01. The molecule has 0 bridgehead atoms. The number of anilines is 1. The molecule has 1 aromatic heterocycles. The van der Waals surface area contributed by atoms with Gasteiger partial charge in [0.25, 0.3) is 0 Å². The van der Waals surface area contributed by atoms with E-state index in [1.807, 2.05) is 19.9 Å². The van der Waals surface area contributed by atoms with E-state index < -0.39 is 0 Å². The number of nitrogen functional groups attached to an aromatic ring is 1. The van der Waals surface area contributed by atoms with Gasteiger partial charge in [-0.3, -0.25) is 0 Å². The third kappa shape index (κ3) is 2.77. The van der Waals surface area contributed by atoms with Crippen molar-refractivity contribution in [3.63, 3.8) is 0 Å². The summed E-state index contributed by atoms with van der Waals surface area (Å²) in [6.45, 7) is 5.89. The van der Waals surface area contributed by atoms with Crippen LogP contribution in [0.15, 0.2) is 34.2 Å². The molecule has 0 fully saturated rings. The summed E-state index contributed by atoms with van der Waals surface area (Å²) < 4.78 is 0. The molecule has 1 heterocycles. The second-order valence-corrected chi connectivity index (χ2v) is 5.07. The maximum atomic E-state index is 5.84. The molecule has 2 aromatic rings. The quantitative estimate of drug-likeness (QED) is 0.826. The standard InChI is InChI=1S/C13H15N3S/c1-8-5-4-6-11(7-8)17-13-9(2)12(14)15-10(3)16-13/h4-7H,1-3H3,(H2,14,15,16). The number of aryl methyl sites for hydroxylation is 2. The van der Waals surface area contributed by atoms with Crippen molar-refractivity contribution in [1.82, 2.24) is 9.97 Å². The number of nitrogens with two attached hydrogens (primary N) is 1. The number of nitrogens with zero attached hydrogens (tertiary/aromatic N) is 2. The number of hydrogen-bond acceptors (Lipinski definition) is 4. The van der Waals surface area contributed by atoms with Crippen molar-refractivity contribution >= 4 is 17.6 Å². The van der Waals surface area contributed by atoms with E-state index in [9.17, 15) is 0 Å². The monoisotopic (exact) mass is 245 g/mol. The average molecular weight is 245 g/mol. The number of benzene rings is 1. The highest BCUT2D eigenvalue weighted by atomic mass is 32.2. The Balaban J connectivity index is 2.36. The van der Waals surface area contributed by atoms with Crippen LogP contribution >= 0.6 is 11.8 Å². The van der Waals surface area contributed by atoms with Gasteiger partial charge in [0.1, 0.15) is 16.7 Å². The van der Waals surface area contributed by atoms with Gasteiger partial charge in [0.05, 0.1) is 0 Å². The summed E-state index contributed by atoms with van der Waals surface area (Å²) in [5, 5.41) is 0.931. The number of rotatable bonds is 2. The highest BCUT2D eigenvalue weighted by Gasteiger charge is 2.08. The van der Waals surface area contributed by atoms with E-state index in [-0.39, 0.29) is 0 Å². The molecule has 1 aromatic carbocycles. The molecule has 0 spiro atoms. The number of aromatic nitrogens is 2. The predicted octanol–water partition coefficient (Wildman–Crippen LogP) is 3.14. The van der Waals surface area contributed by atoms with Crippen LogP contribution in [0.25, 0.3) is 0 Å². The van der Waals surface area contributed by atoms with Crippen LogP contribution in [0.1, 0.15) is 17.0 Å². The lowest BCUT2D eigenvalue weighted by atomic mass is 10.2. The molecule has 2 rings (SSSR count). The normalized spacial score (nSPS) is 10.5. The highest BCUT2D eigenvalue weighted by Crippen LogP contribution is 2.30. The van der Waals surface area contributed by atoms with Gasteiger partial charge in [0.15, 0.2) is 0 Å². The van der Waals surface area contributed by atoms with Gasteiger partial charge < -0.3 is 5.73 Å². The fourth-order valence-corrected chi connectivity index (χ4v) is 2.56. The molecule has 88 valence electrons. The first kappa shape index (κ1) is 11.9. The maximum Gasteiger partial charge on any atom is 0.131 e. The van der Waals surface area contributed by atoms with E-state index >= 15 is 0 Å². The average Bonchev–Trinajstić information content (AvgIpc) is 2.25. The second kappa shape index (κ2) is 4.75. The molecule has 0 saturated carbocycles. The van der Waals surface area contributed by atoms with Crippen LogP contribution in [-0.2, 0) is 0 Å². The van der Waals surface area contributed by atoms with Gasteiger partial charge in [-0.1, -0.05) is 29.5 Å². The molecular formula is C13H15N3S. The van der Waals surface area contributed by atoms with Crippen LogP contribution in [-0.4, -0.2) is 9.97 Å². The summed E-state index contributed by atoms with van der Waals surface area (Å²) in [6.07, 6.45) is 0. The Labute approximate surface area is 105 Å². The van der Waals surface area contributed by atoms with Gasteiger partial charge in [0.2, 0.25) is 0 Å². The lowest BCUT2D eigenvalue weighted by molar-refractivity contribution is 0.946. The maximum absolute atomic E-state index is 5.84. The molecule has 0 saturated heterocycles. The van der Waals surface area contributed by atoms with Crippen molar-refractivity contribution in [2.45, 2.75) is 30.7 Å². The Morgan fingerprint density at radius 2 is 1.88 bits per heavy atom. The van der Waals surface area contributed by atoms with Crippen LogP contribution in [0.2, 0.25) is 0 Å². The molecule has 4 heteroatoms. The van der Waals surface area contributed by atoms with Gasteiger partial charge >= 0.3 is 0 Å². The minimum Gasteiger partial charge on any atom is -0.383 e. The molecule has 0 atom stereocenters. The fraction of sp³-hybridized carbons (Fsp3) is 0.231. The topological polar surface area (TPSA) is 51.8 Å². The Kier molecular flexibility index (Phi) is 3.33. The summed E-state index contributed by atoms with van der Waals surface area (Å²) in [5.41, 5.74) is 8.03. The molecule has 17 heavy (non-hydrogen) atoms. The minimum atomic E-state index is 0.563. The minimum absolute atomic E-state index is 0.563. The fourth-order valence-electron chi connectivity index (χ4n) is 1.51. The molecule has 0 aliphatic heterocycles. The largest absolute Gasteiger partial charge is 0.383 e. The zero-order valence-electron chi connectivity index (χ0n) is 10.2. The van der Waals surface area contributed by atoms with E-state index in [1.54, 1.807) is 11.8 Å². The molecule has 0 aliphatic rings. The number of hydrogen-bond donors (Lipinski definition) is 1. The van der Waals surface area contributed by atoms with Crippen LogP contribution in [0, 0.1) is 20.8 Å². The van der Waals surface area contributed by atoms with E-state index in [4.69, 9.17) is 5.73 Å². The van der Waals surface area contributed by atoms with E-state index in [1.165, 1.54) is 10.5 Å². The Morgan fingerprint density at radius 3 is 2.59 bits per heavy atom. The Bertz CT molecular complexity index is 552. The van der Waals surface area contributed by atoms with Crippen molar-refractivity contribution in [2.75, 3.05) is 5.73 Å². The Morgan fingerprint density at radius 1 is 1.12 bits per heavy atom. The van der Waals surface area contributed by atoms with Crippen LogP contribution < -0.4 is 5.73 Å². The Hall–Kier alpha value is -1.55. The first-order valence-electron chi connectivity index (χ1n) is 5.41.